The van der Waals surface area contributed by atoms with Crippen LogP contribution in [0.5, 0.6) is 17.2 Å². The quantitative estimate of drug-likeness (QED) is 0.601. The summed E-state index contributed by atoms with van der Waals surface area (Å²) < 4.78 is 17.8. The van der Waals surface area contributed by atoms with E-state index in [4.69, 9.17) is 14.2 Å². The Hall–Kier alpha value is -2.31. The fourth-order valence-electron chi connectivity index (χ4n) is 3.42. The van der Waals surface area contributed by atoms with Gasteiger partial charge in [0.25, 0.3) is 0 Å². The summed E-state index contributed by atoms with van der Waals surface area (Å²) in [5.74, 6) is 2.41. The van der Waals surface area contributed by atoms with Crippen LogP contribution in [0.25, 0.3) is 10.9 Å². The van der Waals surface area contributed by atoms with Crippen LogP contribution in [0.15, 0.2) is 47.1 Å². The minimum Gasteiger partial charge on any atom is -0.493 e. The number of fused-ring (bicyclic) bond motifs is 3. The number of nitrogens with zero attached hydrogens (tertiary/aromatic N) is 2. The molecule has 1 aromatic heterocycles. The second-order valence-electron chi connectivity index (χ2n) is 6.51. The van der Waals surface area contributed by atoms with Gasteiger partial charge >= 0.3 is 0 Å². The summed E-state index contributed by atoms with van der Waals surface area (Å²) in [6, 6.07) is 12.2. The lowest BCUT2D eigenvalue weighted by atomic mass is 10.1. The highest BCUT2D eigenvalue weighted by molar-refractivity contribution is 9.10. The first-order valence-electron chi connectivity index (χ1n) is 8.81. The predicted molar refractivity (Wildman–Crippen MR) is 109 cm³/mol. The largest absolute Gasteiger partial charge is 0.493 e. The summed E-state index contributed by atoms with van der Waals surface area (Å²) in [6.45, 7) is 2.30. The third-order valence-electron chi connectivity index (χ3n) is 4.82. The maximum atomic E-state index is 6.07. The SMILES string of the molecule is COc1ccc(CCN2COc3c(cc(Br)c4cccnc34)C2)cc1OC. The van der Waals surface area contributed by atoms with Crippen molar-refractivity contribution in [1.29, 1.82) is 0 Å². The summed E-state index contributed by atoms with van der Waals surface area (Å²) in [6.07, 6.45) is 2.72. The van der Waals surface area contributed by atoms with Crippen LogP contribution >= 0.6 is 15.9 Å². The lowest BCUT2D eigenvalue weighted by Gasteiger charge is -2.29. The molecule has 0 unspecified atom stereocenters. The molecule has 0 saturated heterocycles. The van der Waals surface area contributed by atoms with Crippen LogP contribution in [-0.4, -0.2) is 37.4 Å². The summed E-state index contributed by atoms with van der Waals surface area (Å²) in [5, 5.41) is 1.08. The van der Waals surface area contributed by atoms with Crippen LogP contribution in [0.2, 0.25) is 0 Å². The Bertz CT molecular complexity index is 977. The van der Waals surface area contributed by atoms with Gasteiger partial charge in [0.15, 0.2) is 17.2 Å². The monoisotopic (exact) mass is 428 g/mol. The molecule has 1 aliphatic heterocycles. The molecule has 5 nitrogen and oxygen atoms in total. The molecule has 2 heterocycles. The van der Waals surface area contributed by atoms with E-state index in [1.807, 2.05) is 24.4 Å². The molecule has 1 aliphatic rings. The molecule has 0 amide bonds. The van der Waals surface area contributed by atoms with E-state index in [9.17, 15) is 0 Å². The van der Waals surface area contributed by atoms with E-state index in [0.717, 1.165) is 57.7 Å². The molecule has 0 fully saturated rings. The van der Waals surface area contributed by atoms with Crippen molar-refractivity contribution in [3.8, 4) is 17.2 Å². The fourth-order valence-corrected chi connectivity index (χ4v) is 4.01. The molecule has 0 aliphatic carbocycles. The highest BCUT2D eigenvalue weighted by Gasteiger charge is 2.21. The molecule has 0 bridgehead atoms. The minimum absolute atomic E-state index is 0.563. The van der Waals surface area contributed by atoms with Crippen molar-refractivity contribution < 1.29 is 14.2 Å². The average Bonchev–Trinajstić information content (AvgIpc) is 2.72. The van der Waals surface area contributed by atoms with Crippen LogP contribution in [0, 0.1) is 0 Å². The normalized spacial score (nSPS) is 13.9. The third kappa shape index (κ3) is 3.59. The molecule has 6 heteroatoms. The molecule has 0 atom stereocenters. The van der Waals surface area contributed by atoms with E-state index >= 15 is 0 Å². The molecule has 0 N–H and O–H groups in total. The number of rotatable bonds is 5. The summed E-state index contributed by atoms with van der Waals surface area (Å²) >= 11 is 3.66. The minimum atomic E-state index is 0.563. The van der Waals surface area contributed by atoms with Crippen LogP contribution in [0.1, 0.15) is 11.1 Å². The Morgan fingerprint density at radius 3 is 2.81 bits per heavy atom. The van der Waals surface area contributed by atoms with E-state index in [2.05, 4.69) is 44.0 Å². The van der Waals surface area contributed by atoms with Gasteiger partial charge in [0.1, 0.15) is 12.2 Å². The first kappa shape index (κ1) is 18.1. The van der Waals surface area contributed by atoms with Crippen molar-refractivity contribution in [1.82, 2.24) is 9.88 Å². The van der Waals surface area contributed by atoms with Gasteiger partial charge in [0.2, 0.25) is 0 Å². The molecule has 0 spiro atoms. The smallest absolute Gasteiger partial charge is 0.160 e. The number of benzene rings is 2. The molecule has 0 radical (unpaired) electrons. The fraction of sp³-hybridized carbons (Fsp3) is 0.286. The van der Waals surface area contributed by atoms with Crippen molar-refractivity contribution in [2.24, 2.45) is 0 Å². The van der Waals surface area contributed by atoms with Gasteiger partial charge in [-0.3, -0.25) is 9.88 Å². The number of aromatic nitrogens is 1. The molecule has 4 rings (SSSR count). The Morgan fingerprint density at radius 2 is 2.00 bits per heavy atom. The Balaban J connectivity index is 1.49. The van der Waals surface area contributed by atoms with E-state index < -0.39 is 0 Å². The zero-order valence-corrected chi connectivity index (χ0v) is 17.0. The highest BCUT2D eigenvalue weighted by Crippen LogP contribution is 2.36. The predicted octanol–water partition coefficient (Wildman–Crippen LogP) is 4.41. The maximum absolute atomic E-state index is 6.07. The van der Waals surface area contributed by atoms with Crippen molar-refractivity contribution >= 4 is 26.8 Å². The van der Waals surface area contributed by atoms with E-state index in [0.29, 0.717) is 6.73 Å². The van der Waals surface area contributed by atoms with Crippen LogP contribution in [0.3, 0.4) is 0 Å². The second-order valence-corrected chi connectivity index (χ2v) is 7.37. The van der Waals surface area contributed by atoms with E-state index in [1.54, 1.807) is 14.2 Å². The summed E-state index contributed by atoms with van der Waals surface area (Å²) in [5.41, 5.74) is 3.29. The number of methoxy groups -OCH3 is 2. The maximum Gasteiger partial charge on any atom is 0.160 e. The lowest BCUT2D eigenvalue weighted by Crippen LogP contribution is -2.33. The van der Waals surface area contributed by atoms with Gasteiger partial charge in [-0.05, 0) is 36.2 Å². The highest BCUT2D eigenvalue weighted by atomic mass is 79.9. The van der Waals surface area contributed by atoms with E-state index in [-0.39, 0.29) is 0 Å². The van der Waals surface area contributed by atoms with Gasteiger partial charge in [-0.25, -0.2) is 0 Å². The lowest BCUT2D eigenvalue weighted by molar-refractivity contribution is 0.0980. The van der Waals surface area contributed by atoms with Gasteiger partial charge < -0.3 is 14.2 Å². The molecule has 3 aromatic rings. The number of hydrogen-bond acceptors (Lipinski definition) is 5. The Labute approximate surface area is 167 Å². The van der Waals surface area contributed by atoms with Gasteiger partial charge in [-0.1, -0.05) is 28.1 Å². The van der Waals surface area contributed by atoms with E-state index in [1.165, 1.54) is 5.56 Å². The Morgan fingerprint density at radius 1 is 1.15 bits per heavy atom. The number of hydrogen-bond donors (Lipinski definition) is 0. The summed E-state index contributed by atoms with van der Waals surface area (Å²) in [4.78, 5) is 6.80. The molecule has 140 valence electrons. The zero-order valence-electron chi connectivity index (χ0n) is 15.4. The molecule has 27 heavy (non-hydrogen) atoms. The van der Waals surface area contributed by atoms with Gasteiger partial charge in [-0.15, -0.1) is 0 Å². The summed E-state index contributed by atoms with van der Waals surface area (Å²) in [7, 11) is 3.31. The van der Waals surface area contributed by atoms with Crippen LogP contribution in [-0.2, 0) is 13.0 Å². The third-order valence-corrected chi connectivity index (χ3v) is 5.48. The van der Waals surface area contributed by atoms with Crippen molar-refractivity contribution in [3.05, 3.63) is 58.2 Å². The van der Waals surface area contributed by atoms with Crippen molar-refractivity contribution in [2.75, 3.05) is 27.5 Å². The first-order valence-corrected chi connectivity index (χ1v) is 9.61. The number of ether oxygens (including phenoxy) is 3. The van der Waals surface area contributed by atoms with Crippen molar-refractivity contribution in [2.45, 2.75) is 13.0 Å². The topological polar surface area (TPSA) is 43.8 Å². The number of pyridine rings is 1. The zero-order chi connectivity index (χ0) is 18.8. The first-order chi connectivity index (χ1) is 13.2. The van der Waals surface area contributed by atoms with Gasteiger partial charge in [0, 0.05) is 34.7 Å². The van der Waals surface area contributed by atoms with Crippen LogP contribution in [0.4, 0.5) is 0 Å². The average molecular weight is 429 g/mol. The second kappa shape index (κ2) is 7.74. The van der Waals surface area contributed by atoms with Crippen LogP contribution < -0.4 is 14.2 Å². The number of halogens is 1. The van der Waals surface area contributed by atoms with Gasteiger partial charge in [0.05, 0.1) is 14.2 Å². The van der Waals surface area contributed by atoms with Crippen molar-refractivity contribution in [3.63, 3.8) is 0 Å². The standard InChI is InChI=1S/C21H21BrN2O3/c1-25-18-6-5-14(10-19(18)26-2)7-9-24-12-15-11-17(22)16-4-3-8-23-20(16)21(15)27-13-24/h3-6,8,10-11H,7,9,12-13H2,1-2H3. The molecular weight excluding hydrogens is 408 g/mol. The molecule has 2 aromatic carbocycles. The Kier molecular flexibility index (Phi) is 5.18. The molecule has 0 saturated carbocycles. The molecular formula is C21H21BrN2O3. The van der Waals surface area contributed by atoms with Gasteiger partial charge in [-0.2, -0.15) is 0 Å².